The van der Waals surface area contributed by atoms with Gasteiger partial charge in [-0.05, 0) is 35.9 Å². The zero-order valence-corrected chi connectivity index (χ0v) is 12.0. The molecule has 1 amide bonds. The summed E-state index contributed by atoms with van der Waals surface area (Å²) in [6, 6.07) is 3.58. The topological polar surface area (TPSA) is 33.2 Å². The highest BCUT2D eigenvalue weighted by molar-refractivity contribution is 7.10. The molecule has 5 heteroatoms. The normalized spacial score (nSPS) is 17.9. The number of halogens is 1. The van der Waals surface area contributed by atoms with E-state index in [0.29, 0.717) is 6.54 Å². The molecule has 1 aliphatic rings. The summed E-state index contributed by atoms with van der Waals surface area (Å²) in [7, 11) is 0. The molecule has 1 atom stereocenters. The molecule has 1 aliphatic heterocycles. The molecule has 0 aromatic carbocycles. The highest BCUT2D eigenvalue weighted by Crippen LogP contribution is 2.36. The maximum absolute atomic E-state index is 13.8. The lowest BCUT2D eigenvalue weighted by atomic mass is 9.97. The Bertz CT molecular complexity index is 640. The fraction of sp³-hybridized carbons (Fsp3) is 0.333. The van der Waals surface area contributed by atoms with Gasteiger partial charge in [-0.2, -0.15) is 0 Å². The number of carbonyl (C=O) groups excluding carboxylic acids is 1. The Kier molecular flexibility index (Phi) is 3.53. The van der Waals surface area contributed by atoms with Crippen LogP contribution in [0.3, 0.4) is 0 Å². The molecule has 2 aromatic rings. The van der Waals surface area contributed by atoms with E-state index >= 15 is 0 Å². The van der Waals surface area contributed by atoms with Crippen LogP contribution in [0.15, 0.2) is 29.9 Å². The van der Waals surface area contributed by atoms with E-state index in [9.17, 15) is 9.18 Å². The largest absolute Gasteiger partial charge is 0.331 e. The molecule has 0 spiro atoms. The van der Waals surface area contributed by atoms with Crippen molar-refractivity contribution in [2.24, 2.45) is 0 Å². The van der Waals surface area contributed by atoms with Crippen LogP contribution in [0, 0.1) is 5.82 Å². The first-order valence-corrected chi connectivity index (χ1v) is 7.57. The minimum atomic E-state index is -0.552. The average molecular weight is 290 g/mol. The number of nitrogens with zero attached hydrogens (tertiary/aromatic N) is 2. The van der Waals surface area contributed by atoms with Crippen LogP contribution in [0.5, 0.6) is 0 Å². The van der Waals surface area contributed by atoms with Gasteiger partial charge in [-0.1, -0.05) is 6.92 Å². The summed E-state index contributed by atoms with van der Waals surface area (Å²) < 4.78 is 13.8. The molecule has 3 heterocycles. The number of fused-ring (bicyclic) bond motifs is 1. The SMILES string of the molecule is CC[C@H]1c2ccsc2CCN1C(=O)c1ccncc1F. The summed E-state index contributed by atoms with van der Waals surface area (Å²) in [6.45, 7) is 2.70. The lowest BCUT2D eigenvalue weighted by Crippen LogP contribution is -2.39. The van der Waals surface area contributed by atoms with E-state index in [1.165, 1.54) is 22.7 Å². The summed E-state index contributed by atoms with van der Waals surface area (Å²) in [5.74, 6) is -0.794. The van der Waals surface area contributed by atoms with Crippen LogP contribution in [-0.2, 0) is 6.42 Å². The number of rotatable bonds is 2. The van der Waals surface area contributed by atoms with Crippen molar-refractivity contribution >= 4 is 17.2 Å². The quantitative estimate of drug-likeness (QED) is 0.849. The second-order valence-electron chi connectivity index (χ2n) is 4.83. The van der Waals surface area contributed by atoms with Gasteiger partial charge in [-0.3, -0.25) is 9.78 Å². The standard InChI is InChI=1S/C15H15FN2OS/c1-2-13-11-5-8-20-14(11)4-7-18(13)15(19)10-3-6-17-9-12(10)16/h3,5-6,8-9,13H,2,4,7H2,1H3/t13-/m0/s1. The van der Waals surface area contributed by atoms with E-state index < -0.39 is 5.82 Å². The van der Waals surface area contributed by atoms with Gasteiger partial charge in [0, 0.05) is 17.6 Å². The Balaban J connectivity index is 1.95. The summed E-state index contributed by atoms with van der Waals surface area (Å²) in [5.41, 5.74) is 1.32. The van der Waals surface area contributed by atoms with E-state index in [4.69, 9.17) is 0 Å². The highest BCUT2D eigenvalue weighted by atomic mass is 32.1. The molecule has 2 aromatic heterocycles. The molecule has 3 nitrogen and oxygen atoms in total. The lowest BCUT2D eigenvalue weighted by molar-refractivity contribution is 0.0652. The monoisotopic (exact) mass is 290 g/mol. The van der Waals surface area contributed by atoms with E-state index in [-0.39, 0.29) is 17.5 Å². The first-order chi connectivity index (χ1) is 9.72. The Morgan fingerprint density at radius 1 is 1.55 bits per heavy atom. The maximum atomic E-state index is 13.8. The molecule has 0 unspecified atom stereocenters. The first kappa shape index (κ1) is 13.2. The van der Waals surface area contributed by atoms with Gasteiger partial charge in [0.15, 0.2) is 5.82 Å². The van der Waals surface area contributed by atoms with Crippen LogP contribution in [0.1, 0.15) is 40.2 Å². The summed E-state index contributed by atoms with van der Waals surface area (Å²) in [4.78, 5) is 19.4. The Morgan fingerprint density at radius 2 is 2.40 bits per heavy atom. The van der Waals surface area contributed by atoms with E-state index in [1.54, 1.807) is 16.2 Å². The Labute approximate surface area is 121 Å². The number of carbonyl (C=O) groups is 1. The van der Waals surface area contributed by atoms with E-state index in [1.807, 2.05) is 0 Å². The molecule has 0 bridgehead atoms. The minimum absolute atomic E-state index is 0.0464. The highest BCUT2D eigenvalue weighted by Gasteiger charge is 2.31. The zero-order chi connectivity index (χ0) is 14.1. The van der Waals surface area contributed by atoms with Crippen LogP contribution in [0.25, 0.3) is 0 Å². The van der Waals surface area contributed by atoms with Crippen molar-refractivity contribution in [1.82, 2.24) is 9.88 Å². The van der Waals surface area contributed by atoms with E-state index in [0.717, 1.165) is 19.0 Å². The third-order valence-corrected chi connectivity index (χ3v) is 4.74. The number of hydrogen-bond donors (Lipinski definition) is 0. The average Bonchev–Trinajstić information content (AvgIpc) is 2.94. The van der Waals surface area contributed by atoms with Crippen LogP contribution < -0.4 is 0 Å². The predicted octanol–water partition coefficient (Wildman–Crippen LogP) is 3.43. The van der Waals surface area contributed by atoms with Crippen molar-refractivity contribution in [3.63, 3.8) is 0 Å². The third kappa shape index (κ3) is 2.12. The van der Waals surface area contributed by atoms with Crippen LogP contribution >= 0.6 is 11.3 Å². The fourth-order valence-corrected chi connectivity index (χ4v) is 3.71. The van der Waals surface area contributed by atoms with Crippen LogP contribution in [-0.4, -0.2) is 22.3 Å². The first-order valence-electron chi connectivity index (χ1n) is 6.69. The summed E-state index contributed by atoms with van der Waals surface area (Å²) in [6.07, 6.45) is 4.23. The van der Waals surface area contributed by atoms with Crippen molar-refractivity contribution in [3.8, 4) is 0 Å². The van der Waals surface area contributed by atoms with Gasteiger partial charge in [0.05, 0.1) is 17.8 Å². The number of amides is 1. The van der Waals surface area contributed by atoms with Gasteiger partial charge in [0.2, 0.25) is 0 Å². The van der Waals surface area contributed by atoms with Gasteiger partial charge >= 0.3 is 0 Å². The second kappa shape index (κ2) is 5.32. The summed E-state index contributed by atoms with van der Waals surface area (Å²) >= 11 is 1.74. The van der Waals surface area contributed by atoms with Crippen molar-refractivity contribution in [1.29, 1.82) is 0 Å². The van der Waals surface area contributed by atoms with Gasteiger partial charge in [0.1, 0.15) is 0 Å². The van der Waals surface area contributed by atoms with Crippen molar-refractivity contribution < 1.29 is 9.18 Å². The van der Waals surface area contributed by atoms with Gasteiger partial charge in [-0.25, -0.2) is 4.39 Å². The number of aromatic nitrogens is 1. The number of hydrogen-bond acceptors (Lipinski definition) is 3. The third-order valence-electron chi connectivity index (χ3n) is 3.75. The molecule has 3 rings (SSSR count). The van der Waals surface area contributed by atoms with Crippen LogP contribution in [0.2, 0.25) is 0 Å². The molecule has 0 radical (unpaired) electrons. The Hall–Kier alpha value is -1.75. The van der Waals surface area contributed by atoms with Crippen molar-refractivity contribution in [2.75, 3.05) is 6.54 Å². The molecular weight excluding hydrogens is 275 g/mol. The van der Waals surface area contributed by atoms with E-state index in [2.05, 4.69) is 23.4 Å². The van der Waals surface area contributed by atoms with Gasteiger partial charge in [-0.15, -0.1) is 11.3 Å². The molecule has 104 valence electrons. The molecule has 0 aliphatic carbocycles. The van der Waals surface area contributed by atoms with Crippen molar-refractivity contribution in [3.05, 3.63) is 51.7 Å². The number of thiophene rings is 1. The smallest absolute Gasteiger partial charge is 0.257 e. The molecular formula is C15H15FN2OS. The predicted molar refractivity (Wildman–Crippen MR) is 76.3 cm³/mol. The Morgan fingerprint density at radius 3 is 3.15 bits per heavy atom. The molecule has 0 saturated heterocycles. The molecule has 0 N–H and O–H groups in total. The van der Waals surface area contributed by atoms with Crippen molar-refractivity contribution in [2.45, 2.75) is 25.8 Å². The molecule has 0 fully saturated rings. The van der Waals surface area contributed by atoms with Gasteiger partial charge in [0.25, 0.3) is 5.91 Å². The zero-order valence-electron chi connectivity index (χ0n) is 11.2. The van der Waals surface area contributed by atoms with Gasteiger partial charge < -0.3 is 4.90 Å². The second-order valence-corrected chi connectivity index (χ2v) is 5.83. The maximum Gasteiger partial charge on any atom is 0.257 e. The minimum Gasteiger partial charge on any atom is -0.331 e. The molecule has 20 heavy (non-hydrogen) atoms. The number of pyridine rings is 1. The lowest BCUT2D eigenvalue weighted by Gasteiger charge is -2.35. The summed E-state index contributed by atoms with van der Waals surface area (Å²) in [5, 5.41) is 2.06. The molecule has 0 saturated carbocycles. The fourth-order valence-electron chi connectivity index (χ4n) is 2.78. The van der Waals surface area contributed by atoms with Crippen LogP contribution in [0.4, 0.5) is 4.39 Å².